The van der Waals surface area contributed by atoms with Crippen LogP contribution in [0.5, 0.6) is 23.0 Å². The van der Waals surface area contributed by atoms with Gasteiger partial charge in [-0.25, -0.2) is 10.2 Å². The van der Waals surface area contributed by atoms with Crippen molar-refractivity contribution in [3.05, 3.63) is 82.3 Å². The van der Waals surface area contributed by atoms with E-state index in [2.05, 4.69) is 26.5 Å². The van der Waals surface area contributed by atoms with Crippen LogP contribution >= 0.6 is 15.9 Å². The van der Waals surface area contributed by atoms with Crippen LogP contribution in [0.15, 0.2) is 76.3 Å². The van der Waals surface area contributed by atoms with Crippen LogP contribution in [-0.4, -0.2) is 37.4 Å². The first kappa shape index (κ1) is 26.7. The number of halogens is 1. The van der Waals surface area contributed by atoms with Gasteiger partial charge in [0.2, 0.25) is 0 Å². The van der Waals surface area contributed by atoms with Gasteiger partial charge in [-0.3, -0.25) is 4.79 Å². The predicted molar refractivity (Wildman–Crippen MR) is 140 cm³/mol. The number of ether oxygens (including phenoxy) is 4. The molecular formula is C27H27BrN2O6. The summed E-state index contributed by atoms with van der Waals surface area (Å²) in [6.45, 7) is 6.26. The molecule has 0 fully saturated rings. The molecule has 0 unspecified atom stereocenters. The fourth-order valence-corrected chi connectivity index (χ4v) is 3.27. The van der Waals surface area contributed by atoms with E-state index in [4.69, 9.17) is 18.9 Å². The summed E-state index contributed by atoms with van der Waals surface area (Å²) in [5.74, 6) is 0.968. The molecule has 0 saturated carbocycles. The highest BCUT2D eigenvalue weighted by molar-refractivity contribution is 9.10. The van der Waals surface area contributed by atoms with Crippen LogP contribution in [0.2, 0.25) is 0 Å². The molecule has 36 heavy (non-hydrogen) atoms. The second-order valence-corrected chi connectivity index (χ2v) is 8.35. The number of nitrogens with one attached hydrogen (secondary N) is 1. The lowest BCUT2D eigenvalue weighted by molar-refractivity contribution is -0.127. The Morgan fingerprint density at radius 3 is 2.25 bits per heavy atom. The van der Waals surface area contributed by atoms with E-state index < -0.39 is 18.0 Å². The van der Waals surface area contributed by atoms with Crippen molar-refractivity contribution in [2.75, 3.05) is 13.2 Å². The van der Waals surface area contributed by atoms with Crippen molar-refractivity contribution in [1.82, 2.24) is 5.43 Å². The summed E-state index contributed by atoms with van der Waals surface area (Å²) in [5, 5.41) is 3.99. The minimum Gasteiger partial charge on any atom is -0.494 e. The van der Waals surface area contributed by atoms with Gasteiger partial charge < -0.3 is 18.9 Å². The lowest BCUT2D eigenvalue weighted by Crippen LogP contribution is -2.33. The van der Waals surface area contributed by atoms with Crippen molar-refractivity contribution in [3.8, 4) is 23.0 Å². The van der Waals surface area contributed by atoms with E-state index in [-0.39, 0.29) is 5.75 Å². The molecule has 0 aliphatic heterocycles. The van der Waals surface area contributed by atoms with Crippen molar-refractivity contribution < 1.29 is 28.5 Å². The van der Waals surface area contributed by atoms with Crippen LogP contribution in [0.3, 0.4) is 0 Å². The Balaban J connectivity index is 1.61. The zero-order valence-electron chi connectivity index (χ0n) is 20.2. The highest BCUT2D eigenvalue weighted by Gasteiger charge is 2.15. The maximum absolute atomic E-state index is 12.6. The molecule has 0 saturated heterocycles. The molecule has 1 amide bonds. The molecule has 0 spiro atoms. The smallest absolute Gasteiger partial charge is 0.343 e. The SMILES string of the molecule is CCOc1ccc(C(=O)Oc2ccc(/C=N\NC(=O)[C@H](C)Oc3ccc(Br)cc3)cc2OCC)cc1. The van der Waals surface area contributed by atoms with E-state index in [9.17, 15) is 9.59 Å². The van der Waals surface area contributed by atoms with E-state index in [1.807, 2.05) is 26.0 Å². The average Bonchev–Trinajstić information content (AvgIpc) is 2.87. The quantitative estimate of drug-likeness (QED) is 0.148. The summed E-state index contributed by atoms with van der Waals surface area (Å²) < 4.78 is 23.1. The van der Waals surface area contributed by atoms with E-state index >= 15 is 0 Å². The van der Waals surface area contributed by atoms with Gasteiger partial charge in [0.25, 0.3) is 5.91 Å². The van der Waals surface area contributed by atoms with Crippen LogP contribution in [0.25, 0.3) is 0 Å². The summed E-state index contributed by atoms with van der Waals surface area (Å²) in [6, 6.07) is 18.8. The molecule has 1 N–H and O–H groups in total. The van der Waals surface area contributed by atoms with Crippen molar-refractivity contribution in [2.24, 2.45) is 5.10 Å². The van der Waals surface area contributed by atoms with Gasteiger partial charge in [0, 0.05) is 4.47 Å². The second kappa shape index (κ2) is 13.3. The zero-order valence-corrected chi connectivity index (χ0v) is 21.8. The first-order valence-corrected chi connectivity index (χ1v) is 12.2. The van der Waals surface area contributed by atoms with Crippen LogP contribution < -0.4 is 24.4 Å². The van der Waals surface area contributed by atoms with Crippen LogP contribution in [0.4, 0.5) is 0 Å². The van der Waals surface area contributed by atoms with E-state index in [1.165, 1.54) is 6.21 Å². The molecule has 9 heteroatoms. The molecule has 0 heterocycles. The van der Waals surface area contributed by atoms with Crippen molar-refractivity contribution >= 4 is 34.0 Å². The molecule has 8 nitrogen and oxygen atoms in total. The molecule has 0 radical (unpaired) electrons. The molecular weight excluding hydrogens is 528 g/mol. The topological polar surface area (TPSA) is 95.5 Å². The number of rotatable bonds is 11. The van der Waals surface area contributed by atoms with E-state index in [0.29, 0.717) is 41.6 Å². The Morgan fingerprint density at radius 1 is 0.917 bits per heavy atom. The molecule has 0 aliphatic carbocycles. The number of hydrazone groups is 1. The summed E-state index contributed by atoms with van der Waals surface area (Å²) in [6.07, 6.45) is 0.719. The molecule has 0 aliphatic rings. The Morgan fingerprint density at radius 2 is 1.58 bits per heavy atom. The number of hydrogen-bond acceptors (Lipinski definition) is 7. The minimum absolute atomic E-state index is 0.272. The first-order valence-electron chi connectivity index (χ1n) is 11.4. The maximum atomic E-state index is 12.6. The second-order valence-electron chi connectivity index (χ2n) is 7.43. The number of esters is 1. The van der Waals surface area contributed by atoms with Gasteiger partial charge in [0.1, 0.15) is 11.5 Å². The monoisotopic (exact) mass is 554 g/mol. The molecule has 0 aromatic heterocycles. The molecule has 3 rings (SSSR count). The van der Waals surface area contributed by atoms with Crippen molar-refractivity contribution in [3.63, 3.8) is 0 Å². The zero-order chi connectivity index (χ0) is 25.9. The Hall–Kier alpha value is -3.85. The average molecular weight is 555 g/mol. The van der Waals surface area contributed by atoms with Gasteiger partial charge in [-0.15, -0.1) is 0 Å². The Kier molecular flexibility index (Phi) is 9.88. The number of benzene rings is 3. The summed E-state index contributed by atoms with van der Waals surface area (Å²) in [4.78, 5) is 24.9. The van der Waals surface area contributed by atoms with Gasteiger partial charge in [0.05, 0.1) is 25.0 Å². The lowest BCUT2D eigenvalue weighted by Gasteiger charge is -2.13. The third-order valence-corrected chi connectivity index (χ3v) is 5.28. The molecule has 3 aromatic rings. The Labute approximate surface area is 218 Å². The number of amides is 1. The number of nitrogens with zero attached hydrogens (tertiary/aromatic N) is 1. The predicted octanol–water partition coefficient (Wildman–Crippen LogP) is 5.38. The Bertz CT molecular complexity index is 1200. The standard InChI is InChI=1S/C27H27BrN2O6/c1-4-33-22-11-7-20(8-12-22)27(32)36-24-15-6-19(16-25(24)34-5-2)17-29-30-26(31)18(3)35-23-13-9-21(28)10-14-23/h6-18H,4-5H2,1-3H3,(H,30,31)/b29-17-/t18-/m0/s1. The molecule has 3 aromatic carbocycles. The van der Waals surface area contributed by atoms with Gasteiger partial charge in [-0.05, 0) is 93.1 Å². The highest BCUT2D eigenvalue weighted by Crippen LogP contribution is 2.29. The van der Waals surface area contributed by atoms with Gasteiger partial charge in [0.15, 0.2) is 17.6 Å². The summed E-state index contributed by atoms with van der Waals surface area (Å²) in [5.41, 5.74) is 3.48. The fourth-order valence-electron chi connectivity index (χ4n) is 3.00. The summed E-state index contributed by atoms with van der Waals surface area (Å²) >= 11 is 3.35. The molecule has 0 bridgehead atoms. The van der Waals surface area contributed by atoms with Crippen LogP contribution in [0, 0.1) is 0 Å². The maximum Gasteiger partial charge on any atom is 0.343 e. The first-order chi connectivity index (χ1) is 17.4. The molecule has 188 valence electrons. The van der Waals surface area contributed by atoms with Gasteiger partial charge >= 0.3 is 5.97 Å². The van der Waals surface area contributed by atoms with Gasteiger partial charge in [-0.1, -0.05) is 15.9 Å². The number of carbonyl (C=O) groups is 2. The van der Waals surface area contributed by atoms with Crippen molar-refractivity contribution in [2.45, 2.75) is 26.9 Å². The third-order valence-electron chi connectivity index (χ3n) is 4.76. The van der Waals surface area contributed by atoms with Crippen LogP contribution in [-0.2, 0) is 4.79 Å². The normalized spacial score (nSPS) is 11.6. The third kappa shape index (κ3) is 7.84. The van der Waals surface area contributed by atoms with Crippen LogP contribution in [0.1, 0.15) is 36.7 Å². The fraction of sp³-hybridized carbons (Fsp3) is 0.222. The number of carbonyl (C=O) groups excluding carboxylic acids is 2. The summed E-state index contributed by atoms with van der Waals surface area (Å²) in [7, 11) is 0. The van der Waals surface area contributed by atoms with E-state index in [1.54, 1.807) is 61.5 Å². The van der Waals surface area contributed by atoms with Crippen molar-refractivity contribution in [1.29, 1.82) is 0 Å². The lowest BCUT2D eigenvalue weighted by atomic mass is 10.2. The molecule has 1 atom stereocenters. The number of hydrogen-bond donors (Lipinski definition) is 1. The minimum atomic E-state index is -0.744. The highest BCUT2D eigenvalue weighted by atomic mass is 79.9. The largest absolute Gasteiger partial charge is 0.494 e. The van der Waals surface area contributed by atoms with E-state index in [0.717, 1.165) is 4.47 Å². The van der Waals surface area contributed by atoms with Gasteiger partial charge in [-0.2, -0.15) is 5.10 Å².